The summed E-state index contributed by atoms with van der Waals surface area (Å²) in [6, 6.07) is 4.65. The van der Waals surface area contributed by atoms with Gasteiger partial charge in [0.1, 0.15) is 11.9 Å². The fourth-order valence-corrected chi connectivity index (χ4v) is 1.95. The number of urea groups is 1. The van der Waals surface area contributed by atoms with Crippen molar-refractivity contribution in [1.29, 1.82) is 0 Å². The predicted octanol–water partition coefficient (Wildman–Crippen LogP) is 1.26. The van der Waals surface area contributed by atoms with E-state index < -0.39 is 12.1 Å². The lowest BCUT2D eigenvalue weighted by Crippen LogP contribution is -2.52. The first-order valence-electron chi connectivity index (χ1n) is 7.75. The van der Waals surface area contributed by atoms with Crippen molar-refractivity contribution in [3.8, 4) is 0 Å². The van der Waals surface area contributed by atoms with Crippen molar-refractivity contribution in [2.75, 3.05) is 6.54 Å². The van der Waals surface area contributed by atoms with E-state index in [2.05, 4.69) is 16.0 Å². The first-order valence-corrected chi connectivity index (χ1v) is 7.75. The van der Waals surface area contributed by atoms with Gasteiger partial charge in [-0.2, -0.15) is 0 Å². The number of rotatable bonds is 8. The molecular formula is C16H25FN4O2. The van der Waals surface area contributed by atoms with E-state index >= 15 is 0 Å². The Morgan fingerprint density at radius 3 is 2.43 bits per heavy atom. The molecule has 0 radical (unpaired) electrons. The summed E-state index contributed by atoms with van der Waals surface area (Å²) < 4.78 is 12.8. The zero-order valence-electron chi connectivity index (χ0n) is 13.6. The lowest BCUT2D eigenvalue weighted by atomic mass is 10.1. The van der Waals surface area contributed by atoms with E-state index in [-0.39, 0.29) is 24.3 Å². The van der Waals surface area contributed by atoms with E-state index in [0.717, 1.165) is 12.0 Å². The minimum atomic E-state index is -0.609. The molecule has 0 aromatic heterocycles. The summed E-state index contributed by atoms with van der Waals surface area (Å²) in [4.78, 5) is 24.0. The fourth-order valence-electron chi connectivity index (χ4n) is 1.95. The number of benzene rings is 1. The molecule has 0 aliphatic heterocycles. The van der Waals surface area contributed by atoms with Gasteiger partial charge in [-0.25, -0.2) is 9.18 Å². The molecule has 1 unspecified atom stereocenters. The zero-order valence-corrected chi connectivity index (χ0v) is 13.6. The lowest BCUT2D eigenvalue weighted by molar-refractivity contribution is -0.123. The third-order valence-electron chi connectivity index (χ3n) is 3.31. The van der Waals surface area contributed by atoms with Crippen molar-refractivity contribution >= 4 is 11.9 Å². The van der Waals surface area contributed by atoms with Crippen LogP contribution in [0.2, 0.25) is 0 Å². The maximum Gasteiger partial charge on any atom is 0.315 e. The van der Waals surface area contributed by atoms with Crippen LogP contribution in [0.15, 0.2) is 24.3 Å². The van der Waals surface area contributed by atoms with Gasteiger partial charge < -0.3 is 21.7 Å². The number of hydrogen-bond acceptors (Lipinski definition) is 3. The Morgan fingerprint density at radius 2 is 1.87 bits per heavy atom. The molecular weight excluding hydrogens is 299 g/mol. The summed E-state index contributed by atoms with van der Waals surface area (Å²) in [6.07, 6.45) is 1.29. The highest BCUT2D eigenvalue weighted by atomic mass is 19.1. The Kier molecular flexibility index (Phi) is 8.04. The molecule has 0 aliphatic rings. The molecule has 2 atom stereocenters. The molecule has 5 N–H and O–H groups in total. The second kappa shape index (κ2) is 9.78. The van der Waals surface area contributed by atoms with Gasteiger partial charge in [0.05, 0.1) is 0 Å². The third kappa shape index (κ3) is 7.10. The minimum Gasteiger partial charge on any atom is -0.351 e. The standard InChI is InChI=1S/C16H25FN4O2/c1-3-4-14(15(22)20-11(2)9-18)21-16(23)19-10-12-5-7-13(17)8-6-12/h5-8,11,14H,3-4,9-10,18H2,1-2H3,(H,20,22)(H2,19,21,23)/t11-,14?/m0/s1. The number of halogens is 1. The van der Waals surface area contributed by atoms with Gasteiger partial charge in [0, 0.05) is 19.1 Å². The van der Waals surface area contributed by atoms with Gasteiger partial charge in [0.25, 0.3) is 0 Å². The predicted molar refractivity (Wildman–Crippen MR) is 87.1 cm³/mol. The summed E-state index contributed by atoms with van der Waals surface area (Å²) in [6.45, 7) is 4.33. The number of carbonyl (C=O) groups excluding carboxylic acids is 2. The molecule has 0 saturated heterocycles. The maximum absolute atomic E-state index is 12.8. The Bertz CT molecular complexity index is 507. The molecule has 128 valence electrons. The van der Waals surface area contributed by atoms with E-state index in [1.54, 1.807) is 19.1 Å². The van der Waals surface area contributed by atoms with Crippen molar-refractivity contribution in [1.82, 2.24) is 16.0 Å². The van der Waals surface area contributed by atoms with E-state index in [0.29, 0.717) is 13.0 Å². The summed E-state index contributed by atoms with van der Waals surface area (Å²) >= 11 is 0. The number of hydrogen-bond donors (Lipinski definition) is 4. The molecule has 0 fully saturated rings. The van der Waals surface area contributed by atoms with Crippen LogP contribution in [0, 0.1) is 5.82 Å². The maximum atomic E-state index is 12.8. The van der Waals surface area contributed by atoms with Crippen LogP contribution in [0.4, 0.5) is 9.18 Å². The quantitative estimate of drug-likeness (QED) is 0.579. The highest BCUT2D eigenvalue weighted by Crippen LogP contribution is 2.02. The van der Waals surface area contributed by atoms with Crippen LogP contribution in [0.25, 0.3) is 0 Å². The smallest absolute Gasteiger partial charge is 0.315 e. The van der Waals surface area contributed by atoms with Gasteiger partial charge >= 0.3 is 6.03 Å². The van der Waals surface area contributed by atoms with Crippen LogP contribution in [-0.2, 0) is 11.3 Å². The van der Waals surface area contributed by atoms with E-state index in [9.17, 15) is 14.0 Å². The summed E-state index contributed by atoms with van der Waals surface area (Å²) in [5.74, 6) is -0.575. The van der Waals surface area contributed by atoms with Crippen molar-refractivity contribution in [2.45, 2.75) is 45.3 Å². The molecule has 0 spiro atoms. The molecule has 0 aliphatic carbocycles. The molecule has 23 heavy (non-hydrogen) atoms. The van der Waals surface area contributed by atoms with E-state index in [1.807, 2.05) is 6.92 Å². The van der Waals surface area contributed by atoms with Crippen molar-refractivity contribution in [3.05, 3.63) is 35.6 Å². The number of carbonyl (C=O) groups is 2. The van der Waals surface area contributed by atoms with Gasteiger partial charge in [-0.1, -0.05) is 25.5 Å². The molecule has 3 amide bonds. The van der Waals surface area contributed by atoms with Gasteiger partial charge in [0.2, 0.25) is 5.91 Å². The summed E-state index contributed by atoms with van der Waals surface area (Å²) in [7, 11) is 0. The zero-order chi connectivity index (χ0) is 17.2. The molecule has 0 bridgehead atoms. The topological polar surface area (TPSA) is 96.2 Å². The summed E-state index contributed by atoms with van der Waals surface area (Å²) in [5, 5.41) is 8.06. The average Bonchev–Trinajstić information content (AvgIpc) is 2.53. The van der Waals surface area contributed by atoms with Gasteiger partial charge in [-0.05, 0) is 31.0 Å². The van der Waals surface area contributed by atoms with Gasteiger partial charge in [-0.3, -0.25) is 4.79 Å². The van der Waals surface area contributed by atoms with E-state index in [1.165, 1.54) is 12.1 Å². The van der Waals surface area contributed by atoms with Gasteiger partial charge in [0.15, 0.2) is 0 Å². The molecule has 1 aromatic carbocycles. The van der Waals surface area contributed by atoms with Crippen LogP contribution in [0.1, 0.15) is 32.3 Å². The second-order valence-electron chi connectivity index (χ2n) is 5.44. The largest absolute Gasteiger partial charge is 0.351 e. The minimum absolute atomic E-state index is 0.147. The van der Waals surface area contributed by atoms with Gasteiger partial charge in [-0.15, -0.1) is 0 Å². The monoisotopic (exact) mass is 324 g/mol. The first-order chi connectivity index (χ1) is 11.0. The molecule has 0 heterocycles. The number of nitrogens with two attached hydrogens (primary N) is 1. The fraction of sp³-hybridized carbons (Fsp3) is 0.500. The molecule has 1 rings (SSSR count). The third-order valence-corrected chi connectivity index (χ3v) is 3.31. The van der Waals surface area contributed by atoms with Crippen LogP contribution in [0.5, 0.6) is 0 Å². The van der Waals surface area contributed by atoms with Crippen LogP contribution in [0.3, 0.4) is 0 Å². The number of nitrogens with one attached hydrogen (secondary N) is 3. The van der Waals surface area contributed by atoms with Crippen LogP contribution < -0.4 is 21.7 Å². The normalized spacial score (nSPS) is 13.0. The van der Waals surface area contributed by atoms with E-state index in [4.69, 9.17) is 5.73 Å². The van der Waals surface area contributed by atoms with Crippen LogP contribution >= 0.6 is 0 Å². The molecule has 0 saturated carbocycles. The Balaban J connectivity index is 2.49. The number of amides is 3. The second-order valence-corrected chi connectivity index (χ2v) is 5.44. The molecule has 7 heteroatoms. The Morgan fingerprint density at radius 1 is 1.22 bits per heavy atom. The van der Waals surface area contributed by atoms with Crippen molar-refractivity contribution in [2.24, 2.45) is 5.73 Å². The molecule has 6 nitrogen and oxygen atoms in total. The highest BCUT2D eigenvalue weighted by Gasteiger charge is 2.20. The van der Waals surface area contributed by atoms with Crippen molar-refractivity contribution in [3.63, 3.8) is 0 Å². The first kappa shape index (κ1) is 18.9. The highest BCUT2D eigenvalue weighted by molar-refractivity contribution is 5.87. The summed E-state index contributed by atoms with van der Waals surface area (Å²) in [5.41, 5.74) is 6.25. The Hall–Kier alpha value is -2.15. The van der Waals surface area contributed by atoms with Crippen LogP contribution in [-0.4, -0.2) is 30.6 Å². The van der Waals surface area contributed by atoms with Crippen molar-refractivity contribution < 1.29 is 14.0 Å². The lowest BCUT2D eigenvalue weighted by Gasteiger charge is -2.20. The average molecular weight is 324 g/mol. The Labute approximate surface area is 136 Å². The molecule has 1 aromatic rings. The SMILES string of the molecule is CCCC(NC(=O)NCc1ccc(F)cc1)C(=O)N[C@@H](C)CN.